The summed E-state index contributed by atoms with van der Waals surface area (Å²) in [5.74, 6) is 0.841. The summed E-state index contributed by atoms with van der Waals surface area (Å²) in [7, 11) is 0. The zero-order valence-electron chi connectivity index (χ0n) is 11.3. The molecular formula is C15H14BrN5. The van der Waals surface area contributed by atoms with Crippen LogP contribution in [0.4, 0.5) is 11.5 Å². The molecule has 0 saturated carbocycles. The molecule has 1 saturated heterocycles. The lowest BCUT2D eigenvalue weighted by Crippen LogP contribution is -2.26. The Hall–Kier alpha value is -2.13. The van der Waals surface area contributed by atoms with E-state index in [1.807, 2.05) is 24.3 Å². The molecule has 6 heteroatoms. The summed E-state index contributed by atoms with van der Waals surface area (Å²) < 4.78 is 0.928. The van der Waals surface area contributed by atoms with Crippen molar-refractivity contribution in [2.24, 2.45) is 0 Å². The van der Waals surface area contributed by atoms with E-state index in [0.717, 1.165) is 35.5 Å². The Labute approximate surface area is 131 Å². The van der Waals surface area contributed by atoms with Gasteiger partial charge in [-0.2, -0.15) is 5.26 Å². The van der Waals surface area contributed by atoms with Crippen LogP contribution < -0.4 is 10.2 Å². The first-order valence-corrected chi connectivity index (χ1v) is 7.53. The van der Waals surface area contributed by atoms with Crippen molar-refractivity contribution in [1.82, 2.24) is 9.97 Å². The quantitative estimate of drug-likeness (QED) is 0.928. The number of anilines is 2. The number of hydrogen-bond acceptors (Lipinski definition) is 5. The van der Waals surface area contributed by atoms with Crippen LogP contribution >= 0.6 is 15.9 Å². The lowest BCUT2D eigenvalue weighted by atomic mass is 10.2. The van der Waals surface area contributed by atoms with Gasteiger partial charge in [-0.25, -0.2) is 9.97 Å². The molecule has 1 fully saturated rings. The van der Waals surface area contributed by atoms with Gasteiger partial charge in [0.05, 0.1) is 11.3 Å². The average molecular weight is 344 g/mol. The molecule has 1 aromatic heterocycles. The van der Waals surface area contributed by atoms with E-state index >= 15 is 0 Å². The normalized spacial score (nSPS) is 17.5. The zero-order valence-corrected chi connectivity index (χ0v) is 12.9. The lowest BCUT2D eigenvalue weighted by molar-refractivity contribution is 0.799. The number of nitrogens with zero attached hydrogens (tertiary/aromatic N) is 4. The van der Waals surface area contributed by atoms with E-state index in [1.165, 1.54) is 6.33 Å². The predicted molar refractivity (Wildman–Crippen MR) is 85.1 cm³/mol. The van der Waals surface area contributed by atoms with Crippen molar-refractivity contribution >= 4 is 27.4 Å². The summed E-state index contributed by atoms with van der Waals surface area (Å²) in [5, 5.41) is 12.7. The van der Waals surface area contributed by atoms with Gasteiger partial charge in [-0.05, 0) is 30.7 Å². The highest BCUT2D eigenvalue weighted by Gasteiger charge is 2.24. The van der Waals surface area contributed by atoms with Crippen molar-refractivity contribution < 1.29 is 0 Å². The maximum Gasteiger partial charge on any atom is 0.129 e. The van der Waals surface area contributed by atoms with Gasteiger partial charge in [-0.3, -0.25) is 0 Å². The number of benzene rings is 1. The molecule has 1 aliphatic heterocycles. The van der Waals surface area contributed by atoms with Crippen LogP contribution in [0.25, 0.3) is 0 Å². The zero-order chi connectivity index (χ0) is 14.7. The number of nitrogens with one attached hydrogen (secondary N) is 1. The summed E-state index contributed by atoms with van der Waals surface area (Å²) >= 11 is 3.41. The fraction of sp³-hybridized carbons (Fsp3) is 0.267. The van der Waals surface area contributed by atoms with Crippen LogP contribution in [0.15, 0.2) is 41.3 Å². The molecular weight excluding hydrogens is 330 g/mol. The fourth-order valence-electron chi connectivity index (χ4n) is 2.56. The van der Waals surface area contributed by atoms with Gasteiger partial charge in [0, 0.05) is 29.8 Å². The van der Waals surface area contributed by atoms with Crippen LogP contribution in [-0.2, 0) is 0 Å². The fourth-order valence-corrected chi connectivity index (χ4v) is 2.92. The van der Waals surface area contributed by atoms with Crippen molar-refractivity contribution in [3.05, 3.63) is 46.8 Å². The van der Waals surface area contributed by atoms with Crippen molar-refractivity contribution in [1.29, 1.82) is 5.26 Å². The van der Waals surface area contributed by atoms with Crippen molar-refractivity contribution in [3.63, 3.8) is 0 Å². The van der Waals surface area contributed by atoms with Crippen LogP contribution in [0.5, 0.6) is 0 Å². The van der Waals surface area contributed by atoms with Crippen LogP contribution in [0, 0.1) is 11.3 Å². The second kappa shape index (κ2) is 6.10. The molecule has 3 rings (SSSR count). The second-order valence-corrected chi connectivity index (χ2v) is 5.86. The Morgan fingerprint density at radius 2 is 2.29 bits per heavy atom. The molecule has 0 bridgehead atoms. The molecule has 0 spiro atoms. The Bertz CT molecular complexity index is 668. The van der Waals surface area contributed by atoms with Gasteiger partial charge in [0.1, 0.15) is 18.2 Å². The maximum absolute atomic E-state index is 9.27. The van der Waals surface area contributed by atoms with Crippen molar-refractivity contribution in [2.75, 3.05) is 23.3 Å². The monoisotopic (exact) mass is 343 g/mol. The van der Waals surface area contributed by atoms with E-state index in [1.54, 1.807) is 6.20 Å². The lowest BCUT2D eigenvalue weighted by Gasteiger charge is -2.20. The number of aromatic nitrogens is 2. The van der Waals surface area contributed by atoms with E-state index in [9.17, 15) is 5.26 Å². The largest absolute Gasteiger partial charge is 0.368 e. The first-order valence-electron chi connectivity index (χ1n) is 6.73. The smallest absolute Gasteiger partial charge is 0.129 e. The van der Waals surface area contributed by atoms with Gasteiger partial charge in [0.15, 0.2) is 0 Å². The van der Waals surface area contributed by atoms with E-state index in [2.05, 4.69) is 42.2 Å². The summed E-state index contributed by atoms with van der Waals surface area (Å²) in [6.45, 7) is 1.79. The number of nitriles is 1. The van der Waals surface area contributed by atoms with Crippen molar-refractivity contribution in [3.8, 4) is 6.07 Å². The van der Waals surface area contributed by atoms with Crippen LogP contribution in [0.1, 0.15) is 12.0 Å². The van der Waals surface area contributed by atoms with E-state index < -0.39 is 0 Å². The van der Waals surface area contributed by atoms with Crippen LogP contribution in [0.2, 0.25) is 0 Å². The minimum atomic E-state index is 0.329. The molecule has 1 unspecified atom stereocenters. The van der Waals surface area contributed by atoms with E-state index in [4.69, 9.17) is 0 Å². The topological polar surface area (TPSA) is 64.8 Å². The first-order chi connectivity index (χ1) is 10.3. The maximum atomic E-state index is 9.27. The molecule has 1 aliphatic rings. The van der Waals surface area contributed by atoms with Gasteiger partial charge in [-0.15, -0.1) is 0 Å². The molecule has 2 aromatic rings. The third-order valence-corrected chi connectivity index (χ3v) is 4.04. The first kappa shape index (κ1) is 13.8. The number of rotatable bonds is 3. The summed E-state index contributed by atoms with van der Waals surface area (Å²) in [4.78, 5) is 10.3. The molecule has 1 N–H and O–H groups in total. The number of halogens is 1. The van der Waals surface area contributed by atoms with Gasteiger partial charge in [0.25, 0.3) is 0 Å². The summed E-state index contributed by atoms with van der Waals surface area (Å²) in [5.41, 5.74) is 1.69. The second-order valence-electron chi connectivity index (χ2n) is 4.94. The standard InChI is InChI=1S/C15H14BrN5/c16-12-1-2-14(11(7-12)8-17)21-6-4-13(9-21)20-15-3-5-18-10-19-15/h1-3,5,7,10,13H,4,6,9H2,(H,18,19,20). The van der Waals surface area contributed by atoms with Gasteiger partial charge in [-0.1, -0.05) is 15.9 Å². The Balaban J connectivity index is 1.71. The molecule has 106 valence electrons. The van der Waals surface area contributed by atoms with E-state index in [0.29, 0.717) is 11.6 Å². The number of hydrogen-bond donors (Lipinski definition) is 1. The minimum absolute atomic E-state index is 0.329. The summed E-state index contributed by atoms with van der Waals surface area (Å²) in [6, 6.07) is 10.3. The molecule has 1 aromatic carbocycles. The molecule has 0 amide bonds. The predicted octanol–water partition coefficient (Wildman–Crippen LogP) is 2.80. The minimum Gasteiger partial charge on any atom is -0.368 e. The molecule has 2 heterocycles. The molecule has 5 nitrogen and oxygen atoms in total. The SMILES string of the molecule is N#Cc1cc(Br)ccc1N1CCC(Nc2ccncn2)C1. The third-order valence-electron chi connectivity index (χ3n) is 3.54. The van der Waals surface area contributed by atoms with Crippen LogP contribution in [-0.4, -0.2) is 29.1 Å². The van der Waals surface area contributed by atoms with Gasteiger partial charge >= 0.3 is 0 Å². The Kier molecular flexibility index (Phi) is 4.02. The molecule has 1 atom stereocenters. The average Bonchev–Trinajstić information content (AvgIpc) is 2.96. The highest BCUT2D eigenvalue weighted by Crippen LogP contribution is 2.27. The van der Waals surface area contributed by atoms with E-state index in [-0.39, 0.29) is 0 Å². The molecule has 21 heavy (non-hydrogen) atoms. The Morgan fingerprint density at radius 1 is 1.38 bits per heavy atom. The van der Waals surface area contributed by atoms with Gasteiger partial charge in [0.2, 0.25) is 0 Å². The highest BCUT2D eigenvalue weighted by molar-refractivity contribution is 9.10. The third kappa shape index (κ3) is 3.14. The van der Waals surface area contributed by atoms with Gasteiger partial charge < -0.3 is 10.2 Å². The van der Waals surface area contributed by atoms with Crippen molar-refractivity contribution in [2.45, 2.75) is 12.5 Å². The van der Waals surface area contributed by atoms with Crippen LogP contribution in [0.3, 0.4) is 0 Å². The molecule has 0 radical (unpaired) electrons. The highest BCUT2D eigenvalue weighted by atomic mass is 79.9. The molecule has 0 aliphatic carbocycles. The Morgan fingerprint density at radius 3 is 3.05 bits per heavy atom. The summed E-state index contributed by atoms with van der Waals surface area (Å²) in [6.07, 6.45) is 4.28.